The SMILES string of the molecule is CCOC(=O)[C@]12CCCC=C1N(CCCOC)C(=O)[C@@H]2CC(=O)N1CCOCC1. The quantitative estimate of drug-likeness (QED) is 0.445. The molecule has 0 N–H and O–H groups in total. The molecule has 8 heteroatoms. The molecule has 3 rings (SSSR count). The summed E-state index contributed by atoms with van der Waals surface area (Å²) in [7, 11) is 1.62. The largest absolute Gasteiger partial charge is 0.465 e. The minimum absolute atomic E-state index is 0.0236. The van der Waals surface area contributed by atoms with E-state index in [1.807, 2.05) is 6.08 Å². The summed E-state index contributed by atoms with van der Waals surface area (Å²) >= 11 is 0. The maximum Gasteiger partial charge on any atom is 0.318 e. The summed E-state index contributed by atoms with van der Waals surface area (Å²) in [5, 5.41) is 0. The van der Waals surface area contributed by atoms with Crippen molar-refractivity contribution in [2.75, 3.05) is 53.2 Å². The van der Waals surface area contributed by atoms with E-state index in [0.29, 0.717) is 52.3 Å². The third kappa shape index (κ3) is 4.19. The highest BCUT2D eigenvalue weighted by molar-refractivity contribution is 5.99. The number of likely N-dealkylation sites (tertiary alicyclic amines) is 1. The Hall–Kier alpha value is -1.93. The van der Waals surface area contributed by atoms with Crippen molar-refractivity contribution in [3.8, 4) is 0 Å². The van der Waals surface area contributed by atoms with Crippen LogP contribution in [0, 0.1) is 11.3 Å². The summed E-state index contributed by atoms with van der Waals surface area (Å²) < 4.78 is 15.9. The fraction of sp³-hybridized carbons (Fsp3) is 0.762. The molecule has 0 aromatic heterocycles. The number of hydrogen-bond acceptors (Lipinski definition) is 6. The molecule has 0 aromatic carbocycles. The van der Waals surface area contributed by atoms with Crippen molar-refractivity contribution in [3.63, 3.8) is 0 Å². The van der Waals surface area contributed by atoms with E-state index >= 15 is 0 Å². The number of hydrogen-bond donors (Lipinski definition) is 0. The van der Waals surface area contributed by atoms with Gasteiger partial charge in [-0.25, -0.2) is 0 Å². The molecule has 0 bridgehead atoms. The summed E-state index contributed by atoms with van der Waals surface area (Å²) in [6, 6.07) is 0. The first-order chi connectivity index (χ1) is 14.1. The van der Waals surface area contributed by atoms with Crippen LogP contribution in [-0.2, 0) is 28.6 Å². The molecular weight excluding hydrogens is 376 g/mol. The molecule has 2 heterocycles. The summed E-state index contributed by atoms with van der Waals surface area (Å²) in [6.07, 6.45) is 4.83. The van der Waals surface area contributed by atoms with Crippen LogP contribution in [0.15, 0.2) is 11.8 Å². The fourth-order valence-electron chi connectivity index (χ4n) is 4.74. The molecule has 0 saturated carbocycles. The zero-order chi connectivity index (χ0) is 20.9. The van der Waals surface area contributed by atoms with Crippen molar-refractivity contribution in [2.24, 2.45) is 11.3 Å². The Morgan fingerprint density at radius 3 is 2.76 bits per heavy atom. The highest BCUT2D eigenvalue weighted by atomic mass is 16.5. The number of carbonyl (C=O) groups is 3. The lowest BCUT2D eigenvalue weighted by Gasteiger charge is -2.36. The van der Waals surface area contributed by atoms with Crippen LogP contribution in [-0.4, -0.2) is 80.8 Å². The molecule has 2 aliphatic heterocycles. The summed E-state index contributed by atoms with van der Waals surface area (Å²) in [6.45, 7) is 5.06. The maximum atomic E-state index is 13.4. The van der Waals surface area contributed by atoms with Gasteiger partial charge in [0.05, 0.1) is 25.7 Å². The van der Waals surface area contributed by atoms with Crippen molar-refractivity contribution in [1.82, 2.24) is 9.80 Å². The van der Waals surface area contributed by atoms with Crippen molar-refractivity contribution < 1.29 is 28.6 Å². The second-order valence-electron chi connectivity index (χ2n) is 7.76. The molecule has 3 aliphatic rings. The Morgan fingerprint density at radius 1 is 1.31 bits per heavy atom. The lowest BCUT2D eigenvalue weighted by atomic mass is 9.68. The van der Waals surface area contributed by atoms with E-state index in [-0.39, 0.29) is 30.8 Å². The van der Waals surface area contributed by atoms with Gasteiger partial charge in [0.2, 0.25) is 11.8 Å². The Morgan fingerprint density at radius 2 is 2.07 bits per heavy atom. The van der Waals surface area contributed by atoms with Gasteiger partial charge in [-0.2, -0.15) is 0 Å². The fourth-order valence-corrected chi connectivity index (χ4v) is 4.74. The minimum atomic E-state index is -1.06. The predicted molar refractivity (Wildman–Crippen MR) is 105 cm³/mol. The molecule has 0 spiro atoms. The lowest BCUT2D eigenvalue weighted by molar-refractivity contribution is -0.159. The second-order valence-corrected chi connectivity index (χ2v) is 7.76. The Labute approximate surface area is 172 Å². The van der Waals surface area contributed by atoms with Crippen LogP contribution in [0.4, 0.5) is 0 Å². The van der Waals surface area contributed by atoms with Crippen molar-refractivity contribution in [3.05, 3.63) is 11.8 Å². The van der Waals surface area contributed by atoms with E-state index in [1.54, 1.807) is 23.8 Å². The topological polar surface area (TPSA) is 85.4 Å². The van der Waals surface area contributed by atoms with E-state index in [9.17, 15) is 14.4 Å². The van der Waals surface area contributed by atoms with E-state index in [0.717, 1.165) is 18.5 Å². The number of carbonyl (C=O) groups excluding carboxylic acids is 3. The number of rotatable bonds is 8. The van der Waals surface area contributed by atoms with Crippen molar-refractivity contribution in [1.29, 1.82) is 0 Å². The first-order valence-electron chi connectivity index (χ1n) is 10.6. The zero-order valence-electron chi connectivity index (χ0n) is 17.5. The standard InChI is InChI=1S/C21H32N2O6/c1-3-29-20(26)21-8-5-4-7-17(21)23(9-6-12-27-2)19(25)16(21)15-18(24)22-10-13-28-14-11-22/h7,16H,3-6,8-15H2,1-2H3/t16-,21-/m0/s1. The average Bonchev–Trinajstić information content (AvgIpc) is 2.98. The van der Waals surface area contributed by atoms with Crippen molar-refractivity contribution >= 4 is 17.8 Å². The van der Waals surface area contributed by atoms with Crippen LogP contribution in [0.2, 0.25) is 0 Å². The van der Waals surface area contributed by atoms with Gasteiger partial charge in [-0.15, -0.1) is 0 Å². The van der Waals surface area contributed by atoms with Gasteiger partial charge in [0, 0.05) is 45.5 Å². The van der Waals surface area contributed by atoms with Gasteiger partial charge in [0.1, 0.15) is 5.41 Å². The Bertz CT molecular complexity index is 658. The smallest absolute Gasteiger partial charge is 0.318 e. The first kappa shape index (κ1) is 21.8. The molecule has 8 nitrogen and oxygen atoms in total. The van der Waals surface area contributed by atoms with Gasteiger partial charge in [-0.1, -0.05) is 6.08 Å². The van der Waals surface area contributed by atoms with Gasteiger partial charge < -0.3 is 24.0 Å². The molecule has 2 atom stereocenters. The molecule has 29 heavy (non-hydrogen) atoms. The summed E-state index contributed by atoms with van der Waals surface area (Å²) in [4.78, 5) is 43.0. The minimum Gasteiger partial charge on any atom is -0.465 e. The number of allylic oxidation sites excluding steroid dienone is 1. The van der Waals surface area contributed by atoms with Gasteiger partial charge in [-0.05, 0) is 32.6 Å². The molecule has 0 unspecified atom stereocenters. The average molecular weight is 408 g/mol. The third-order valence-corrected chi connectivity index (χ3v) is 6.13. The number of fused-ring (bicyclic) bond motifs is 1. The number of morpholine rings is 1. The van der Waals surface area contributed by atoms with Crippen LogP contribution < -0.4 is 0 Å². The Kier molecular flexibility index (Phi) is 7.29. The maximum absolute atomic E-state index is 13.4. The molecule has 2 amide bonds. The van der Waals surface area contributed by atoms with Gasteiger partial charge in [0.25, 0.3) is 0 Å². The molecular formula is C21H32N2O6. The van der Waals surface area contributed by atoms with Crippen LogP contribution in [0.3, 0.4) is 0 Å². The van der Waals surface area contributed by atoms with Crippen LogP contribution >= 0.6 is 0 Å². The molecule has 2 fully saturated rings. The van der Waals surface area contributed by atoms with Gasteiger partial charge in [-0.3, -0.25) is 14.4 Å². The zero-order valence-corrected chi connectivity index (χ0v) is 17.5. The van der Waals surface area contributed by atoms with Crippen LogP contribution in [0.25, 0.3) is 0 Å². The van der Waals surface area contributed by atoms with Crippen LogP contribution in [0.5, 0.6) is 0 Å². The van der Waals surface area contributed by atoms with Crippen molar-refractivity contribution in [2.45, 2.75) is 39.0 Å². The highest BCUT2D eigenvalue weighted by Gasteiger charge is 2.62. The van der Waals surface area contributed by atoms with E-state index in [1.165, 1.54) is 0 Å². The van der Waals surface area contributed by atoms with Crippen LogP contribution in [0.1, 0.15) is 39.0 Å². The predicted octanol–water partition coefficient (Wildman–Crippen LogP) is 1.35. The normalized spacial score (nSPS) is 26.9. The number of nitrogens with zero attached hydrogens (tertiary/aromatic N) is 2. The molecule has 2 saturated heterocycles. The van der Waals surface area contributed by atoms with Gasteiger partial charge >= 0.3 is 5.97 Å². The number of amides is 2. The van der Waals surface area contributed by atoms with E-state index < -0.39 is 11.3 Å². The van der Waals surface area contributed by atoms with Gasteiger partial charge in [0.15, 0.2) is 0 Å². The number of esters is 1. The number of ether oxygens (including phenoxy) is 3. The second kappa shape index (κ2) is 9.71. The summed E-state index contributed by atoms with van der Waals surface area (Å²) in [5.41, 5.74) is -0.330. The third-order valence-electron chi connectivity index (χ3n) is 6.13. The summed E-state index contributed by atoms with van der Waals surface area (Å²) in [5.74, 6) is -1.35. The molecule has 162 valence electrons. The molecule has 1 aliphatic carbocycles. The molecule has 0 radical (unpaired) electrons. The highest BCUT2D eigenvalue weighted by Crippen LogP contribution is 2.53. The monoisotopic (exact) mass is 408 g/mol. The Balaban J connectivity index is 1.90. The lowest BCUT2D eigenvalue weighted by Crippen LogP contribution is -2.46. The van der Waals surface area contributed by atoms with E-state index in [4.69, 9.17) is 14.2 Å². The number of methoxy groups -OCH3 is 1. The first-order valence-corrected chi connectivity index (χ1v) is 10.6. The van der Waals surface area contributed by atoms with E-state index in [2.05, 4.69) is 0 Å². The molecule has 0 aromatic rings.